The number of aromatic nitrogens is 2. The molecule has 0 bridgehead atoms. The Balaban J connectivity index is 1.88. The highest BCUT2D eigenvalue weighted by Gasteiger charge is 2.35. The molecule has 0 unspecified atom stereocenters. The quantitative estimate of drug-likeness (QED) is 0.622. The van der Waals surface area contributed by atoms with E-state index in [0.717, 1.165) is 4.68 Å². The molecule has 32 heavy (non-hydrogen) atoms. The molecule has 0 saturated heterocycles. The lowest BCUT2D eigenvalue weighted by Crippen LogP contribution is -2.34. The summed E-state index contributed by atoms with van der Waals surface area (Å²) in [5.74, 6) is -0.0390. The molecule has 0 spiro atoms. The summed E-state index contributed by atoms with van der Waals surface area (Å²) in [6, 6.07) is 3.21. The molecule has 1 aromatic heterocycles. The predicted molar refractivity (Wildman–Crippen MR) is 118 cm³/mol. The van der Waals surface area contributed by atoms with E-state index in [1.165, 1.54) is 18.1 Å². The Morgan fingerprint density at radius 3 is 2.59 bits per heavy atom. The van der Waals surface area contributed by atoms with Gasteiger partial charge in [-0.05, 0) is 39.8 Å². The standard InChI is InChI=1S/C21H26BrFN4O5/c1-6-31-20(29)27-15-11-26(19(28)32-21(2,3)4)10-13(15)18(25-27)24-9-12-14(22)7-8-16(30-5)17(12)23/h7-8H,6,9-11H2,1-5H3,(H,24,25). The fraction of sp³-hybridized carbons (Fsp3) is 0.476. The first-order chi connectivity index (χ1) is 15.1. The van der Waals surface area contributed by atoms with Gasteiger partial charge in [-0.3, -0.25) is 4.90 Å². The second-order valence-electron chi connectivity index (χ2n) is 8.12. The smallest absolute Gasteiger partial charge is 0.435 e. The van der Waals surface area contributed by atoms with Crippen LogP contribution in [0.25, 0.3) is 0 Å². The van der Waals surface area contributed by atoms with E-state index >= 15 is 0 Å². The van der Waals surface area contributed by atoms with E-state index in [4.69, 9.17) is 14.2 Å². The minimum atomic E-state index is -0.656. The minimum absolute atomic E-state index is 0.0718. The molecule has 11 heteroatoms. The molecular weight excluding hydrogens is 487 g/mol. The van der Waals surface area contributed by atoms with Crippen LogP contribution in [0.4, 0.5) is 19.8 Å². The van der Waals surface area contributed by atoms with E-state index in [1.807, 2.05) is 0 Å². The minimum Gasteiger partial charge on any atom is -0.494 e. The van der Waals surface area contributed by atoms with E-state index in [9.17, 15) is 14.0 Å². The number of anilines is 1. The number of halogens is 2. The number of methoxy groups -OCH3 is 1. The summed E-state index contributed by atoms with van der Waals surface area (Å²) in [5.41, 5.74) is 0.840. The van der Waals surface area contributed by atoms with Crippen LogP contribution in [0.2, 0.25) is 0 Å². The summed E-state index contributed by atoms with van der Waals surface area (Å²) < 4.78 is 32.0. The predicted octanol–water partition coefficient (Wildman–Crippen LogP) is 4.66. The molecule has 1 aliphatic heterocycles. The first-order valence-electron chi connectivity index (χ1n) is 10.1. The largest absolute Gasteiger partial charge is 0.494 e. The van der Waals surface area contributed by atoms with E-state index in [1.54, 1.807) is 33.8 Å². The molecule has 0 saturated carbocycles. The number of nitrogens with one attached hydrogen (secondary N) is 1. The Bertz CT molecular complexity index is 1030. The molecule has 0 fully saturated rings. The van der Waals surface area contributed by atoms with Gasteiger partial charge in [0.2, 0.25) is 0 Å². The van der Waals surface area contributed by atoms with Crippen LogP contribution >= 0.6 is 15.9 Å². The molecule has 2 heterocycles. The van der Waals surface area contributed by atoms with Gasteiger partial charge in [0.1, 0.15) is 5.60 Å². The van der Waals surface area contributed by atoms with Crippen LogP contribution in [0, 0.1) is 5.82 Å². The van der Waals surface area contributed by atoms with Gasteiger partial charge < -0.3 is 19.5 Å². The molecule has 9 nitrogen and oxygen atoms in total. The number of fused-ring (bicyclic) bond motifs is 1. The highest BCUT2D eigenvalue weighted by molar-refractivity contribution is 9.10. The Morgan fingerprint density at radius 1 is 1.25 bits per heavy atom. The molecule has 1 N–H and O–H groups in total. The first kappa shape index (κ1) is 23.8. The lowest BCUT2D eigenvalue weighted by atomic mass is 10.2. The van der Waals surface area contributed by atoms with Crippen LogP contribution < -0.4 is 10.1 Å². The van der Waals surface area contributed by atoms with Crippen molar-refractivity contribution in [1.82, 2.24) is 14.7 Å². The van der Waals surface area contributed by atoms with Crippen LogP contribution in [0.15, 0.2) is 16.6 Å². The van der Waals surface area contributed by atoms with Crippen molar-refractivity contribution in [3.05, 3.63) is 39.2 Å². The Labute approximate surface area is 193 Å². The summed E-state index contributed by atoms with van der Waals surface area (Å²) in [5, 5.41) is 7.39. The van der Waals surface area contributed by atoms with Gasteiger partial charge in [0.05, 0.1) is 32.5 Å². The number of amides is 1. The number of hydrogen-bond acceptors (Lipinski definition) is 7. The molecule has 174 valence electrons. The van der Waals surface area contributed by atoms with Gasteiger partial charge in [-0.1, -0.05) is 15.9 Å². The molecule has 0 aliphatic carbocycles. The topological polar surface area (TPSA) is 94.9 Å². The summed E-state index contributed by atoms with van der Waals surface area (Å²) >= 11 is 3.35. The molecule has 1 aliphatic rings. The second kappa shape index (κ2) is 9.35. The maximum Gasteiger partial charge on any atom is 0.435 e. The number of hydrogen-bond donors (Lipinski definition) is 1. The highest BCUT2D eigenvalue weighted by atomic mass is 79.9. The van der Waals surface area contributed by atoms with E-state index in [0.29, 0.717) is 27.1 Å². The van der Waals surface area contributed by atoms with Crippen molar-refractivity contribution < 1.29 is 28.2 Å². The number of nitrogens with zero attached hydrogens (tertiary/aromatic N) is 3. The third-order valence-electron chi connectivity index (χ3n) is 4.68. The van der Waals surface area contributed by atoms with Crippen molar-refractivity contribution in [1.29, 1.82) is 0 Å². The number of carbonyl (C=O) groups excluding carboxylic acids is 2. The fourth-order valence-electron chi connectivity index (χ4n) is 3.24. The number of rotatable bonds is 5. The van der Waals surface area contributed by atoms with Gasteiger partial charge in [-0.2, -0.15) is 4.68 Å². The first-order valence-corrected chi connectivity index (χ1v) is 10.9. The highest BCUT2D eigenvalue weighted by Crippen LogP contribution is 2.32. The van der Waals surface area contributed by atoms with Crippen LogP contribution in [0.1, 0.15) is 44.5 Å². The fourth-order valence-corrected chi connectivity index (χ4v) is 3.69. The van der Waals surface area contributed by atoms with Crippen molar-refractivity contribution in [2.45, 2.75) is 52.9 Å². The molecule has 0 atom stereocenters. The molecule has 2 aromatic rings. The Hall–Kier alpha value is -2.82. The van der Waals surface area contributed by atoms with Gasteiger partial charge in [0.25, 0.3) is 0 Å². The maximum atomic E-state index is 14.7. The van der Waals surface area contributed by atoms with E-state index < -0.39 is 23.6 Å². The van der Waals surface area contributed by atoms with Gasteiger partial charge in [0.15, 0.2) is 17.4 Å². The average molecular weight is 513 g/mol. The van der Waals surface area contributed by atoms with Crippen molar-refractivity contribution in [3.63, 3.8) is 0 Å². The zero-order valence-electron chi connectivity index (χ0n) is 18.6. The SMILES string of the molecule is CCOC(=O)n1nc(NCc2c(Br)ccc(OC)c2F)c2c1CN(C(=O)OC(C)(C)C)C2. The van der Waals surface area contributed by atoms with Gasteiger partial charge in [-0.15, -0.1) is 5.10 Å². The van der Waals surface area contributed by atoms with Crippen molar-refractivity contribution >= 4 is 33.9 Å². The Morgan fingerprint density at radius 2 is 1.97 bits per heavy atom. The number of ether oxygens (including phenoxy) is 3. The molecule has 3 rings (SSSR count). The zero-order valence-corrected chi connectivity index (χ0v) is 20.2. The van der Waals surface area contributed by atoms with Gasteiger partial charge >= 0.3 is 12.2 Å². The van der Waals surface area contributed by atoms with Crippen molar-refractivity contribution in [2.24, 2.45) is 0 Å². The van der Waals surface area contributed by atoms with Crippen LogP contribution in [0.3, 0.4) is 0 Å². The monoisotopic (exact) mass is 512 g/mol. The summed E-state index contributed by atoms with van der Waals surface area (Å²) in [6.07, 6.45) is -1.16. The summed E-state index contributed by atoms with van der Waals surface area (Å²) in [7, 11) is 1.39. The molecule has 1 aromatic carbocycles. The van der Waals surface area contributed by atoms with Gasteiger partial charge in [-0.25, -0.2) is 14.0 Å². The zero-order chi connectivity index (χ0) is 23.6. The van der Waals surface area contributed by atoms with Crippen molar-refractivity contribution in [2.75, 3.05) is 19.0 Å². The van der Waals surface area contributed by atoms with E-state index in [-0.39, 0.29) is 32.0 Å². The van der Waals surface area contributed by atoms with Crippen LogP contribution in [-0.2, 0) is 29.1 Å². The lowest BCUT2D eigenvalue weighted by molar-refractivity contribution is 0.0238. The van der Waals surface area contributed by atoms with Crippen LogP contribution in [-0.4, -0.2) is 46.2 Å². The summed E-state index contributed by atoms with van der Waals surface area (Å²) in [6.45, 7) is 7.60. The normalized spacial score (nSPS) is 13.0. The van der Waals surface area contributed by atoms with Gasteiger partial charge in [0, 0.05) is 22.1 Å². The molecule has 1 amide bonds. The van der Waals surface area contributed by atoms with E-state index in [2.05, 4.69) is 26.3 Å². The average Bonchev–Trinajstić information content (AvgIpc) is 3.27. The van der Waals surface area contributed by atoms with Crippen molar-refractivity contribution in [3.8, 4) is 5.75 Å². The summed E-state index contributed by atoms with van der Waals surface area (Å²) in [4.78, 5) is 26.4. The number of carbonyl (C=O) groups is 2. The third-order valence-corrected chi connectivity index (χ3v) is 5.42. The lowest BCUT2D eigenvalue weighted by Gasteiger charge is -2.24. The number of benzene rings is 1. The Kier molecular flexibility index (Phi) is 6.97. The molecule has 0 radical (unpaired) electrons. The second-order valence-corrected chi connectivity index (χ2v) is 8.97. The maximum absolute atomic E-state index is 14.7. The molecular formula is C21H26BrFN4O5. The van der Waals surface area contributed by atoms with Crippen LogP contribution in [0.5, 0.6) is 5.75 Å². The third kappa shape index (κ3) is 4.98.